The van der Waals surface area contributed by atoms with Crippen LogP contribution in [0.5, 0.6) is 0 Å². The van der Waals surface area contributed by atoms with Crippen LogP contribution in [0.4, 0.5) is 5.82 Å². The van der Waals surface area contributed by atoms with Gasteiger partial charge in [-0.15, -0.1) is 11.3 Å². The van der Waals surface area contributed by atoms with E-state index in [1.54, 1.807) is 18.3 Å². The molecule has 2 heterocycles. The lowest BCUT2D eigenvalue weighted by Crippen LogP contribution is -2.12. The fourth-order valence-electron chi connectivity index (χ4n) is 1.92. The maximum Gasteiger partial charge on any atom is 0.268 e. The van der Waals surface area contributed by atoms with Crippen molar-refractivity contribution in [1.82, 2.24) is 9.97 Å². The maximum absolute atomic E-state index is 12.3. The van der Waals surface area contributed by atoms with E-state index in [4.69, 9.17) is 0 Å². The van der Waals surface area contributed by atoms with E-state index >= 15 is 0 Å². The Balaban J connectivity index is 1.86. The molecule has 0 aliphatic rings. The van der Waals surface area contributed by atoms with Gasteiger partial charge in [0.25, 0.3) is 5.91 Å². The molecular formula is C16H13N3OS. The van der Waals surface area contributed by atoms with Crippen LogP contribution in [-0.2, 0) is 0 Å². The van der Waals surface area contributed by atoms with Crippen LogP contribution in [0, 0.1) is 6.92 Å². The second-order valence-electron chi connectivity index (χ2n) is 4.47. The van der Waals surface area contributed by atoms with Crippen molar-refractivity contribution in [1.29, 1.82) is 0 Å². The number of carbonyl (C=O) groups is 1. The number of aromatic nitrogens is 2. The molecule has 3 rings (SSSR count). The number of aryl methyl sites for hydroxylation is 1. The van der Waals surface area contributed by atoms with Gasteiger partial charge >= 0.3 is 0 Å². The van der Waals surface area contributed by atoms with Gasteiger partial charge in [0.05, 0.1) is 5.69 Å². The molecule has 0 aliphatic heterocycles. The highest BCUT2D eigenvalue weighted by Crippen LogP contribution is 2.28. The largest absolute Gasteiger partial charge is 0.306 e. The molecule has 0 atom stereocenters. The first-order chi connectivity index (χ1) is 10.2. The molecule has 104 valence electrons. The lowest BCUT2D eigenvalue weighted by molar-refractivity contribution is 0.102. The van der Waals surface area contributed by atoms with Gasteiger partial charge in [-0.05, 0) is 19.1 Å². The quantitative estimate of drug-likeness (QED) is 0.800. The molecule has 0 saturated carbocycles. The summed E-state index contributed by atoms with van der Waals surface area (Å²) in [6, 6.07) is 15.2. The van der Waals surface area contributed by atoms with Gasteiger partial charge in [-0.25, -0.2) is 9.97 Å². The summed E-state index contributed by atoms with van der Waals surface area (Å²) in [5, 5.41) is 3.63. The summed E-state index contributed by atoms with van der Waals surface area (Å²) >= 11 is 1.39. The monoisotopic (exact) mass is 295 g/mol. The van der Waals surface area contributed by atoms with Gasteiger partial charge in [-0.2, -0.15) is 0 Å². The second kappa shape index (κ2) is 5.85. The van der Waals surface area contributed by atoms with Crippen LogP contribution in [0.1, 0.15) is 15.4 Å². The molecule has 0 unspecified atom stereocenters. The molecule has 0 spiro atoms. The lowest BCUT2D eigenvalue weighted by atomic mass is 10.2. The van der Waals surface area contributed by atoms with E-state index in [0.717, 1.165) is 16.3 Å². The van der Waals surface area contributed by atoms with E-state index in [9.17, 15) is 4.79 Å². The SMILES string of the molecule is Cc1nc(-c2ccccc2)sc1C(=O)Nc1ccccn1. The number of pyridine rings is 1. The lowest BCUT2D eigenvalue weighted by Gasteiger charge is -2.01. The van der Waals surface area contributed by atoms with Crippen LogP contribution < -0.4 is 5.32 Å². The van der Waals surface area contributed by atoms with Gasteiger partial charge < -0.3 is 5.32 Å². The standard InChI is InChI=1S/C16H13N3OS/c1-11-14(15(20)19-13-9-5-6-10-17-13)21-16(18-11)12-7-3-2-4-8-12/h2-10H,1H3,(H,17,19,20). The van der Waals surface area contributed by atoms with Gasteiger partial charge in [0.15, 0.2) is 0 Å². The number of hydrogen-bond acceptors (Lipinski definition) is 4. The Labute approximate surface area is 126 Å². The Bertz CT molecular complexity index is 754. The third-order valence-corrected chi connectivity index (χ3v) is 4.14. The maximum atomic E-state index is 12.3. The minimum atomic E-state index is -0.175. The number of carbonyl (C=O) groups excluding carboxylic acids is 1. The molecule has 4 nitrogen and oxygen atoms in total. The van der Waals surface area contributed by atoms with Crippen molar-refractivity contribution in [3.63, 3.8) is 0 Å². The fraction of sp³-hybridized carbons (Fsp3) is 0.0625. The van der Waals surface area contributed by atoms with E-state index in [-0.39, 0.29) is 5.91 Å². The molecule has 0 aliphatic carbocycles. The number of rotatable bonds is 3. The Morgan fingerprint density at radius 3 is 2.57 bits per heavy atom. The first-order valence-corrected chi connectivity index (χ1v) is 7.31. The van der Waals surface area contributed by atoms with Crippen molar-refractivity contribution in [2.75, 3.05) is 5.32 Å². The highest BCUT2D eigenvalue weighted by Gasteiger charge is 2.16. The van der Waals surface area contributed by atoms with Gasteiger partial charge in [-0.1, -0.05) is 36.4 Å². The summed E-state index contributed by atoms with van der Waals surface area (Å²) in [5.74, 6) is 0.363. The third kappa shape index (κ3) is 2.98. The van der Waals surface area contributed by atoms with Crippen molar-refractivity contribution in [3.05, 3.63) is 65.3 Å². The molecule has 3 aromatic rings. The number of anilines is 1. The first kappa shape index (κ1) is 13.5. The Kier molecular flexibility index (Phi) is 3.75. The van der Waals surface area contributed by atoms with Crippen LogP contribution >= 0.6 is 11.3 Å². The second-order valence-corrected chi connectivity index (χ2v) is 5.47. The Hall–Kier alpha value is -2.53. The van der Waals surface area contributed by atoms with E-state index < -0.39 is 0 Å². The molecule has 2 aromatic heterocycles. The van der Waals surface area contributed by atoms with Crippen LogP contribution in [0.3, 0.4) is 0 Å². The number of nitrogens with one attached hydrogen (secondary N) is 1. The Morgan fingerprint density at radius 2 is 1.86 bits per heavy atom. The number of nitrogens with zero attached hydrogens (tertiary/aromatic N) is 2. The molecule has 5 heteroatoms. The number of benzene rings is 1. The van der Waals surface area contributed by atoms with Crippen molar-refractivity contribution < 1.29 is 4.79 Å². The summed E-state index contributed by atoms with van der Waals surface area (Å²) in [5.41, 5.74) is 1.75. The molecule has 21 heavy (non-hydrogen) atoms. The molecule has 1 amide bonds. The zero-order valence-electron chi connectivity index (χ0n) is 11.4. The number of thiazole rings is 1. The minimum Gasteiger partial charge on any atom is -0.306 e. The first-order valence-electron chi connectivity index (χ1n) is 6.49. The van der Waals surface area contributed by atoms with Crippen LogP contribution in [0.2, 0.25) is 0 Å². The molecule has 1 N–H and O–H groups in total. The summed E-state index contributed by atoms with van der Waals surface area (Å²) in [6.45, 7) is 1.84. The van der Waals surface area contributed by atoms with Gasteiger partial charge in [-0.3, -0.25) is 4.79 Å². The highest BCUT2D eigenvalue weighted by atomic mass is 32.1. The van der Waals surface area contributed by atoms with E-state index in [0.29, 0.717) is 10.7 Å². The van der Waals surface area contributed by atoms with E-state index in [1.165, 1.54) is 11.3 Å². The van der Waals surface area contributed by atoms with Crippen molar-refractivity contribution in [3.8, 4) is 10.6 Å². The van der Waals surface area contributed by atoms with Crippen molar-refractivity contribution in [2.45, 2.75) is 6.92 Å². The van der Waals surface area contributed by atoms with Gasteiger partial charge in [0.1, 0.15) is 15.7 Å². The molecule has 0 bridgehead atoms. The zero-order valence-corrected chi connectivity index (χ0v) is 12.2. The smallest absolute Gasteiger partial charge is 0.268 e. The predicted octanol–water partition coefficient (Wildman–Crippen LogP) is 3.77. The van der Waals surface area contributed by atoms with Crippen molar-refractivity contribution in [2.24, 2.45) is 0 Å². The fourth-order valence-corrected chi connectivity index (χ4v) is 2.89. The van der Waals surface area contributed by atoms with Crippen LogP contribution in [0.25, 0.3) is 10.6 Å². The van der Waals surface area contributed by atoms with E-state index in [2.05, 4.69) is 15.3 Å². The number of amides is 1. The summed E-state index contributed by atoms with van der Waals surface area (Å²) in [7, 11) is 0. The Morgan fingerprint density at radius 1 is 1.10 bits per heavy atom. The average molecular weight is 295 g/mol. The number of hydrogen-bond donors (Lipinski definition) is 1. The van der Waals surface area contributed by atoms with Crippen LogP contribution in [0.15, 0.2) is 54.7 Å². The normalized spacial score (nSPS) is 10.3. The summed E-state index contributed by atoms with van der Waals surface area (Å²) in [6.07, 6.45) is 1.64. The van der Waals surface area contributed by atoms with Gasteiger partial charge in [0, 0.05) is 11.8 Å². The summed E-state index contributed by atoms with van der Waals surface area (Å²) in [4.78, 5) is 21.5. The third-order valence-electron chi connectivity index (χ3n) is 2.93. The molecule has 0 fully saturated rings. The van der Waals surface area contributed by atoms with E-state index in [1.807, 2.05) is 43.3 Å². The van der Waals surface area contributed by atoms with Crippen molar-refractivity contribution >= 4 is 23.1 Å². The molecule has 0 radical (unpaired) electrons. The van der Waals surface area contributed by atoms with Crippen LogP contribution in [-0.4, -0.2) is 15.9 Å². The average Bonchev–Trinajstić information content (AvgIpc) is 2.91. The molecular weight excluding hydrogens is 282 g/mol. The summed E-state index contributed by atoms with van der Waals surface area (Å²) < 4.78 is 0. The predicted molar refractivity (Wildman–Crippen MR) is 84.5 cm³/mol. The molecule has 1 aromatic carbocycles. The topological polar surface area (TPSA) is 54.9 Å². The zero-order chi connectivity index (χ0) is 14.7. The minimum absolute atomic E-state index is 0.175. The molecule has 0 saturated heterocycles. The highest BCUT2D eigenvalue weighted by molar-refractivity contribution is 7.17. The van der Waals surface area contributed by atoms with Gasteiger partial charge in [0.2, 0.25) is 0 Å².